The molecule has 19 heavy (non-hydrogen) atoms. The summed E-state index contributed by atoms with van der Waals surface area (Å²) in [4.78, 5) is 12.8. The van der Waals surface area contributed by atoms with Gasteiger partial charge in [-0.1, -0.05) is 11.8 Å². The Hall–Kier alpha value is -1.15. The van der Waals surface area contributed by atoms with Gasteiger partial charge in [0.2, 0.25) is 5.16 Å². The van der Waals surface area contributed by atoms with E-state index < -0.39 is 5.97 Å². The molecule has 0 saturated carbocycles. The lowest BCUT2D eigenvalue weighted by atomic mass is 10.2. The summed E-state index contributed by atoms with van der Waals surface area (Å²) in [6.45, 7) is 6.10. The Morgan fingerprint density at radius 2 is 2.21 bits per heavy atom. The average Bonchev–Trinajstić information content (AvgIpc) is 2.79. The molecule has 0 aliphatic rings. The second kappa shape index (κ2) is 8.11. The number of rotatable bonds is 9. The standard InChI is InChI=1S/C11H21N5O2S/c1-9(2)15(3)6-4-5-7-16-11(12-13-14-16)19-8-10(17)18/h9H,4-8H2,1-3H3,(H,17,18). The van der Waals surface area contributed by atoms with Crippen LogP contribution in [0.25, 0.3) is 0 Å². The SMILES string of the molecule is CC(C)N(C)CCCCn1nnnc1SCC(=O)O. The van der Waals surface area contributed by atoms with Crippen LogP contribution >= 0.6 is 11.8 Å². The number of carboxylic acid groups (broad SMARTS) is 1. The maximum Gasteiger partial charge on any atom is 0.313 e. The fourth-order valence-electron chi connectivity index (χ4n) is 1.45. The molecule has 0 amide bonds. The number of carboxylic acids is 1. The molecule has 0 bridgehead atoms. The number of thioether (sulfide) groups is 1. The van der Waals surface area contributed by atoms with E-state index in [1.165, 1.54) is 0 Å². The van der Waals surface area contributed by atoms with E-state index in [0.717, 1.165) is 37.7 Å². The number of aryl methyl sites for hydroxylation is 1. The van der Waals surface area contributed by atoms with Crippen molar-refractivity contribution in [1.82, 2.24) is 25.1 Å². The van der Waals surface area contributed by atoms with Gasteiger partial charge in [-0.05, 0) is 50.7 Å². The molecule has 0 atom stereocenters. The Kier molecular flexibility index (Phi) is 6.79. The van der Waals surface area contributed by atoms with E-state index >= 15 is 0 Å². The van der Waals surface area contributed by atoms with Crippen molar-refractivity contribution in [3.05, 3.63) is 0 Å². The highest BCUT2D eigenvalue weighted by Crippen LogP contribution is 2.13. The largest absolute Gasteiger partial charge is 0.481 e. The molecule has 7 nitrogen and oxygen atoms in total. The molecule has 0 radical (unpaired) electrons. The van der Waals surface area contributed by atoms with Crippen LogP contribution in [0.3, 0.4) is 0 Å². The van der Waals surface area contributed by atoms with Gasteiger partial charge in [-0.3, -0.25) is 4.79 Å². The molecule has 1 rings (SSSR count). The van der Waals surface area contributed by atoms with E-state index in [4.69, 9.17) is 5.11 Å². The Morgan fingerprint density at radius 3 is 2.84 bits per heavy atom. The van der Waals surface area contributed by atoms with Crippen LogP contribution in [0.4, 0.5) is 0 Å². The van der Waals surface area contributed by atoms with Gasteiger partial charge in [0, 0.05) is 12.6 Å². The van der Waals surface area contributed by atoms with E-state index in [-0.39, 0.29) is 5.75 Å². The maximum absolute atomic E-state index is 10.5. The summed E-state index contributed by atoms with van der Waals surface area (Å²) < 4.78 is 1.67. The molecule has 0 aromatic carbocycles. The highest BCUT2D eigenvalue weighted by molar-refractivity contribution is 7.99. The van der Waals surface area contributed by atoms with Gasteiger partial charge < -0.3 is 10.0 Å². The van der Waals surface area contributed by atoms with Crippen LogP contribution in [0.2, 0.25) is 0 Å². The Bertz CT molecular complexity index is 396. The quantitative estimate of drug-likeness (QED) is 0.535. The summed E-state index contributed by atoms with van der Waals surface area (Å²) in [5.41, 5.74) is 0. The highest BCUT2D eigenvalue weighted by atomic mass is 32.2. The van der Waals surface area contributed by atoms with Gasteiger partial charge >= 0.3 is 5.97 Å². The smallest absolute Gasteiger partial charge is 0.313 e. The normalized spacial score (nSPS) is 11.4. The van der Waals surface area contributed by atoms with Crippen molar-refractivity contribution in [2.45, 2.75) is 44.4 Å². The molecule has 1 aromatic rings. The van der Waals surface area contributed by atoms with E-state index in [1.807, 2.05) is 0 Å². The predicted octanol–water partition coefficient (Wildman–Crippen LogP) is 0.970. The first-order valence-corrected chi connectivity index (χ1v) is 7.30. The molecular weight excluding hydrogens is 266 g/mol. The first kappa shape index (κ1) is 15.9. The van der Waals surface area contributed by atoms with Crippen LogP contribution in [-0.4, -0.2) is 61.6 Å². The van der Waals surface area contributed by atoms with Crippen molar-refractivity contribution in [3.8, 4) is 0 Å². The number of tetrazole rings is 1. The molecule has 0 spiro atoms. The minimum atomic E-state index is -0.863. The average molecular weight is 287 g/mol. The topological polar surface area (TPSA) is 84.1 Å². The molecule has 0 saturated heterocycles. The lowest BCUT2D eigenvalue weighted by Crippen LogP contribution is -2.27. The molecule has 0 aliphatic carbocycles. The third kappa shape index (κ3) is 6.02. The van der Waals surface area contributed by atoms with Gasteiger partial charge in [0.05, 0.1) is 5.75 Å². The zero-order chi connectivity index (χ0) is 14.3. The monoisotopic (exact) mass is 287 g/mol. The summed E-state index contributed by atoms with van der Waals surface area (Å²) in [5, 5.41) is 20.5. The van der Waals surface area contributed by atoms with E-state index in [1.54, 1.807) is 4.68 Å². The summed E-state index contributed by atoms with van der Waals surface area (Å²) in [5.74, 6) is -0.880. The Balaban J connectivity index is 2.29. The number of aliphatic carboxylic acids is 1. The van der Waals surface area contributed by atoms with E-state index in [9.17, 15) is 4.79 Å². The summed E-state index contributed by atoms with van der Waals surface area (Å²) in [6, 6.07) is 0.551. The number of hydrogen-bond acceptors (Lipinski definition) is 6. The Morgan fingerprint density at radius 1 is 1.47 bits per heavy atom. The number of hydrogen-bond donors (Lipinski definition) is 1. The molecule has 0 unspecified atom stereocenters. The van der Waals surface area contributed by atoms with Gasteiger partial charge in [0.15, 0.2) is 0 Å². The van der Waals surface area contributed by atoms with Gasteiger partial charge in [0.1, 0.15) is 0 Å². The zero-order valence-electron chi connectivity index (χ0n) is 11.6. The van der Waals surface area contributed by atoms with Crippen LogP contribution in [0.1, 0.15) is 26.7 Å². The maximum atomic E-state index is 10.5. The van der Waals surface area contributed by atoms with Crippen LogP contribution < -0.4 is 0 Å². The lowest BCUT2D eigenvalue weighted by molar-refractivity contribution is -0.133. The fraction of sp³-hybridized carbons (Fsp3) is 0.818. The van der Waals surface area contributed by atoms with Crippen LogP contribution in [0.15, 0.2) is 5.16 Å². The molecular formula is C11H21N5O2S. The number of carbonyl (C=O) groups is 1. The minimum Gasteiger partial charge on any atom is -0.481 e. The van der Waals surface area contributed by atoms with E-state index in [2.05, 4.69) is 41.3 Å². The van der Waals surface area contributed by atoms with E-state index in [0.29, 0.717) is 11.2 Å². The van der Waals surface area contributed by atoms with Gasteiger partial charge in [0.25, 0.3) is 0 Å². The summed E-state index contributed by atoms with van der Waals surface area (Å²) in [7, 11) is 2.11. The molecule has 0 fully saturated rings. The zero-order valence-corrected chi connectivity index (χ0v) is 12.4. The molecule has 1 N–H and O–H groups in total. The fourth-order valence-corrected chi connectivity index (χ4v) is 2.07. The van der Waals surface area contributed by atoms with Crippen molar-refractivity contribution in [1.29, 1.82) is 0 Å². The number of nitrogens with zero attached hydrogens (tertiary/aromatic N) is 5. The van der Waals surface area contributed by atoms with Gasteiger partial charge in [-0.15, -0.1) is 5.10 Å². The van der Waals surface area contributed by atoms with Crippen LogP contribution in [-0.2, 0) is 11.3 Å². The minimum absolute atomic E-state index is 0.0174. The Labute approximate surface area is 117 Å². The predicted molar refractivity (Wildman–Crippen MR) is 73.2 cm³/mol. The van der Waals surface area contributed by atoms with Crippen molar-refractivity contribution >= 4 is 17.7 Å². The van der Waals surface area contributed by atoms with Crippen LogP contribution in [0, 0.1) is 0 Å². The second-order valence-corrected chi connectivity index (χ2v) is 5.59. The third-order valence-corrected chi connectivity index (χ3v) is 3.78. The first-order valence-electron chi connectivity index (χ1n) is 6.31. The second-order valence-electron chi connectivity index (χ2n) is 4.65. The highest BCUT2D eigenvalue weighted by Gasteiger charge is 2.09. The van der Waals surface area contributed by atoms with Crippen molar-refractivity contribution < 1.29 is 9.90 Å². The van der Waals surface area contributed by atoms with Crippen LogP contribution in [0.5, 0.6) is 0 Å². The summed E-state index contributed by atoms with van der Waals surface area (Å²) >= 11 is 1.15. The molecule has 1 heterocycles. The van der Waals surface area contributed by atoms with Crippen molar-refractivity contribution in [2.24, 2.45) is 0 Å². The number of unbranched alkanes of at least 4 members (excludes halogenated alkanes) is 1. The van der Waals surface area contributed by atoms with Gasteiger partial charge in [-0.2, -0.15) is 0 Å². The molecule has 1 aromatic heterocycles. The number of aromatic nitrogens is 4. The van der Waals surface area contributed by atoms with Crippen molar-refractivity contribution in [2.75, 3.05) is 19.3 Å². The van der Waals surface area contributed by atoms with Crippen molar-refractivity contribution in [3.63, 3.8) is 0 Å². The molecule has 108 valence electrons. The molecule has 8 heteroatoms. The van der Waals surface area contributed by atoms with Gasteiger partial charge in [-0.25, -0.2) is 4.68 Å². The first-order chi connectivity index (χ1) is 9.00. The summed E-state index contributed by atoms with van der Waals surface area (Å²) in [6.07, 6.45) is 2.04. The lowest BCUT2D eigenvalue weighted by Gasteiger charge is -2.20. The molecule has 0 aliphatic heterocycles. The third-order valence-electron chi connectivity index (χ3n) is 2.84.